The Morgan fingerprint density at radius 2 is 2.17 bits per heavy atom. The Balaban J connectivity index is 3.05. The van der Waals surface area contributed by atoms with Crippen LogP contribution in [0, 0.1) is 19.1 Å². The fourth-order valence-electron chi connectivity index (χ4n) is 1.02. The standard InChI is InChI=1S/C9H13NO2/c1-4-12-9-5-8(3)10(11)6-7(9)2/h5-6H,4H2,1-3H3. The zero-order valence-electron chi connectivity index (χ0n) is 7.63. The van der Waals surface area contributed by atoms with Crippen LogP contribution in [0.3, 0.4) is 0 Å². The SMILES string of the molecule is CCOc1cc(C)[n+]([O-])cc1C. The Labute approximate surface area is 72.2 Å². The van der Waals surface area contributed by atoms with Crippen molar-refractivity contribution >= 4 is 0 Å². The molecule has 3 nitrogen and oxygen atoms in total. The molecule has 12 heavy (non-hydrogen) atoms. The fraction of sp³-hybridized carbons (Fsp3) is 0.444. The van der Waals surface area contributed by atoms with Gasteiger partial charge in [0.25, 0.3) is 0 Å². The summed E-state index contributed by atoms with van der Waals surface area (Å²) in [4.78, 5) is 0. The predicted octanol–water partition coefficient (Wildman–Crippen LogP) is 1.34. The Morgan fingerprint density at radius 1 is 1.50 bits per heavy atom. The van der Waals surface area contributed by atoms with Crippen LogP contribution in [0.2, 0.25) is 0 Å². The molecule has 0 atom stereocenters. The van der Waals surface area contributed by atoms with Crippen molar-refractivity contribution in [3.05, 3.63) is 28.7 Å². The van der Waals surface area contributed by atoms with Gasteiger partial charge in [-0.1, -0.05) is 0 Å². The first kappa shape index (κ1) is 8.84. The van der Waals surface area contributed by atoms with Gasteiger partial charge in [0.2, 0.25) is 0 Å². The van der Waals surface area contributed by atoms with Gasteiger partial charge in [0.15, 0.2) is 11.9 Å². The molecule has 66 valence electrons. The van der Waals surface area contributed by atoms with E-state index in [1.165, 1.54) is 6.20 Å². The third kappa shape index (κ3) is 1.67. The average Bonchev–Trinajstić information content (AvgIpc) is 2.01. The van der Waals surface area contributed by atoms with E-state index >= 15 is 0 Å². The second kappa shape index (κ2) is 3.43. The topological polar surface area (TPSA) is 36.2 Å². The van der Waals surface area contributed by atoms with Crippen LogP contribution in [0.4, 0.5) is 0 Å². The fourth-order valence-corrected chi connectivity index (χ4v) is 1.02. The monoisotopic (exact) mass is 167 g/mol. The molecule has 3 heteroatoms. The molecular formula is C9H13NO2. The molecule has 0 radical (unpaired) electrons. The van der Waals surface area contributed by atoms with E-state index in [1.807, 2.05) is 13.8 Å². The summed E-state index contributed by atoms with van der Waals surface area (Å²) in [6, 6.07) is 1.76. The van der Waals surface area contributed by atoms with Crippen molar-refractivity contribution in [2.75, 3.05) is 6.61 Å². The lowest BCUT2D eigenvalue weighted by atomic mass is 10.2. The van der Waals surface area contributed by atoms with Gasteiger partial charge in [0.1, 0.15) is 5.75 Å². The highest BCUT2D eigenvalue weighted by Gasteiger charge is 2.06. The van der Waals surface area contributed by atoms with Crippen LogP contribution in [-0.4, -0.2) is 6.61 Å². The molecule has 0 amide bonds. The quantitative estimate of drug-likeness (QED) is 0.492. The van der Waals surface area contributed by atoms with Gasteiger partial charge in [-0.3, -0.25) is 0 Å². The molecular weight excluding hydrogens is 154 g/mol. The molecule has 1 rings (SSSR count). The lowest BCUT2D eigenvalue weighted by molar-refractivity contribution is -0.612. The number of hydrogen-bond donors (Lipinski definition) is 0. The second-order valence-electron chi connectivity index (χ2n) is 2.72. The van der Waals surface area contributed by atoms with Crippen LogP contribution in [0.5, 0.6) is 5.75 Å². The molecule has 0 aliphatic heterocycles. The summed E-state index contributed by atoms with van der Waals surface area (Å²) < 4.78 is 6.17. The molecule has 0 bridgehead atoms. The highest BCUT2D eigenvalue weighted by Crippen LogP contribution is 2.15. The van der Waals surface area contributed by atoms with Crippen LogP contribution in [0.1, 0.15) is 18.2 Å². The number of aryl methyl sites for hydroxylation is 2. The molecule has 0 saturated carbocycles. The predicted molar refractivity (Wildman–Crippen MR) is 46.0 cm³/mol. The van der Waals surface area contributed by atoms with E-state index in [0.717, 1.165) is 16.0 Å². The van der Waals surface area contributed by atoms with Gasteiger partial charge in [-0.25, -0.2) is 0 Å². The maximum atomic E-state index is 11.1. The number of aromatic nitrogens is 1. The van der Waals surface area contributed by atoms with E-state index in [4.69, 9.17) is 4.74 Å². The maximum Gasteiger partial charge on any atom is 0.193 e. The van der Waals surface area contributed by atoms with Crippen LogP contribution < -0.4 is 9.47 Å². The summed E-state index contributed by atoms with van der Waals surface area (Å²) in [7, 11) is 0. The zero-order chi connectivity index (χ0) is 9.14. The number of rotatable bonds is 2. The molecule has 1 aromatic rings. The van der Waals surface area contributed by atoms with E-state index in [2.05, 4.69) is 0 Å². The van der Waals surface area contributed by atoms with Crippen LogP contribution in [0.15, 0.2) is 12.3 Å². The third-order valence-electron chi connectivity index (χ3n) is 1.69. The lowest BCUT2D eigenvalue weighted by Gasteiger charge is -2.07. The Bertz CT molecular complexity index is 284. The van der Waals surface area contributed by atoms with Crippen molar-refractivity contribution < 1.29 is 9.47 Å². The minimum Gasteiger partial charge on any atom is -0.618 e. The number of hydrogen-bond acceptors (Lipinski definition) is 2. The van der Waals surface area contributed by atoms with Crippen molar-refractivity contribution in [3.63, 3.8) is 0 Å². The first-order chi connectivity index (χ1) is 5.65. The van der Waals surface area contributed by atoms with Crippen molar-refractivity contribution in [2.24, 2.45) is 0 Å². The molecule has 0 fully saturated rings. The van der Waals surface area contributed by atoms with Gasteiger partial charge in [-0.05, 0) is 13.8 Å². The summed E-state index contributed by atoms with van der Waals surface area (Å²) >= 11 is 0. The van der Waals surface area contributed by atoms with Crippen molar-refractivity contribution in [1.82, 2.24) is 0 Å². The first-order valence-corrected chi connectivity index (χ1v) is 3.98. The van der Waals surface area contributed by atoms with E-state index < -0.39 is 0 Å². The van der Waals surface area contributed by atoms with Crippen molar-refractivity contribution in [3.8, 4) is 5.75 Å². The van der Waals surface area contributed by atoms with Crippen LogP contribution in [0.25, 0.3) is 0 Å². The highest BCUT2D eigenvalue weighted by molar-refractivity contribution is 5.29. The van der Waals surface area contributed by atoms with Gasteiger partial charge >= 0.3 is 0 Å². The Morgan fingerprint density at radius 3 is 2.75 bits per heavy atom. The summed E-state index contributed by atoms with van der Waals surface area (Å²) in [5, 5.41) is 11.1. The molecule has 1 aromatic heterocycles. The lowest BCUT2D eigenvalue weighted by Crippen LogP contribution is -2.29. The molecule has 0 spiro atoms. The van der Waals surface area contributed by atoms with Gasteiger partial charge in [-0.15, -0.1) is 0 Å². The largest absolute Gasteiger partial charge is 0.618 e. The van der Waals surface area contributed by atoms with Crippen LogP contribution in [-0.2, 0) is 0 Å². The third-order valence-corrected chi connectivity index (χ3v) is 1.69. The number of ether oxygens (including phenoxy) is 1. The minimum atomic E-state index is 0.628. The van der Waals surface area contributed by atoms with Crippen LogP contribution >= 0.6 is 0 Å². The van der Waals surface area contributed by atoms with Crippen molar-refractivity contribution in [1.29, 1.82) is 0 Å². The van der Waals surface area contributed by atoms with Gasteiger partial charge in [-0.2, -0.15) is 4.73 Å². The summed E-state index contributed by atoms with van der Waals surface area (Å²) in [5.74, 6) is 0.794. The van der Waals surface area contributed by atoms with Gasteiger partial charge in [0, 0.05) is 13.0 Å². The zero-order valence-corrected chi connectivity index (χ0v) is 7.63. The molecule has 0 N–H and O–H groups in total. The van der Waals surface area contributed by atoms with Gasteiger partial charge in [0.05, 0.1) is 12.2 Å². The second-order valence-corrected chi connectivity index (χ2v) is 2.72. The van der Waals surface area contributed by atoms with Crippen molar-refractivity contribution in [2.45, 2.75) is 20.8 Å². The maximum absolute atomic E-state index is 11.1. The molecule has 0 unspecified atom stereocenters. The molecule has 0 saturated heterocycles. The van der Waals surface area contributed by atoms with E-state index in [9.17, 15) is 5.21 Å². The van der Waals surface area contributed by atoms with Gasteiger partial charge < -0.3 is 9.94 Å². The first-order valence-electron chi connectivity index (χ1n) is 3.98. The minimum absolute atomic E-state index is 0.628. The van der Waals surface area contributed by atoms with E-state index in [0.29, 0.717) is 12.3 Å². The highest BCUT2D eigenvalue weighted by atomic mass is 16.5. The number of pyridine rings is 1. The Kier molecular flexibility index (Phi) is 2.53. The summed E-state index contributed by atoms with van der Waals surface area (Å²) in [6.07, 6.45) is 1.53. The molecule has 0 aromatic carbocycles. The number of nitrogens with zero attached hydrogens (tertiary/aromatic N) is 1. The molecule has 1 heterocycles. The van der Waals surface area contributed by atoms with E-state index in [-0.39, 0.29) is 0 Å². The Hall–Kier alpha value is -1.25. The molecule has 0 aliphatic rings. The average molecular weight is 167 g/mol. The smallest absolute Gasteiger partial charge is 0.193 e. The summed E-state index contributed by atoms with van der Waals surface area (Å²) in [6.45, 7) is 6.17. The molecule has 0 aliphatic carbocycles. The normalized spacial score (nSPS) is 9.92. The summed E-state index contributed by atoms with van der Waals surface area (Å²) in [5.41, 5.74) is 1.53. The van der Waals surface area contributed by atoms with E-state index in [1.54, 1.807) is 13.0 Å².